The van der Waals surface area contributed by atoms with Gasteiger partial charge in [0.15, 0.2) is 0 Å². The van der Waals surface area contributed by atoms with Crippen LogP contribution in [0.3, 0.4) is 0 Å². The summed E-state index contributed by atoms with van der Waals surface area (Å²) in [7, 11) is 0. The van der Waals surface area contributed by atoms with Gasteiger partial charge in [-0.15, -0.1) is 0 Å². The van der Waals surface area contributed by atoms with Crippen molar-refractivity contribution in [2.45, 2.75) is 31.8 Å². The summed E-state index contributed by atoms with van der Waals surface area (Å²) >= 11 is 2.89. The number of Topliss-reactive ketones (excluding diaryl/α,β-unsaturated/α-hetero) is 1. The molecule has 0 atom stereocenters. The number of rotatable bonds is 5. The molecule has 1 N–H and O–H groups in total. The molecule has 0 spiro atoms. The number of nitrogens with zero attached hydrogens (tertiary/aromatic N) is 1. The molecule has 0 saturated heterocycles. The monoisotopic (exact) mass is 277 g/mol. The fraction of sp³-hybridized carbons (Fsp3) is 0.667. The lowest BCUT2D eigenvalue weighted by molar-refractivity contribution is -0.130. The lowest BCUT2D eigenvalue weighted by Crippen LogP contribution is -2.25. The van der Waals surface area contributed by atoms with Gasteiger partial charge in [-0.05, 0) is 25.7 Å². The topological polar surface area (TPSA) is 76.0 Å². The van der Waals surface area contributed by atoms with E-state index in [-0.39, 0.29) is 11.4 Å². The lowest BCUT2D eigenvalue weighted by atomic mass is 10.3. The van der Waals surface area contributed by atoms with Gasteiger partial charge in [0.2, 0.25) is 11.5 Å². The largest absolute Gasteiger partial charge is 0.476 e. The van der Waals surface area contributed by atoms with Crippen LogP contribution < -0.4 is 0 Å². The van der Waals surface area contributed by atoms with Crippen LogP contribution >= 0.6 is 15.9 Å². The van der Waals surface area contributed by atoms with Crippen LogP contribution in [-0.2, 0) is 14.4 Å². The summed E-state index contributed by atoms with van der Waals surface area (Å²) in [5.41, 5.74) is -0.543. The second-order valence-corrected chi connectivity index (χ2v) is 3.87. The first-order valence-corrected chi connectivity index (χ1v) is 5.83. The van der Waals surface area contributed by atoms with Crippen molar-refractivity contribution in [3.8, 4) is 0 Å². The number of carboxylic acid groups (broad SMARTS) is 1. The second-order valence-electron chi connectivity index (χ2n) is 3.31. The summed E-state index contributed by atoms with van der Waals surface area (Å²) in [6.07, 6.45) is 3.84. The van der Waals surface area contributed by atoms with Crippen LogP contribution in [0.4, 0.5) is 0 Å². The molecule has 84 valence electrons. The fourth-order valence-corrected chi connectivity index (χ4v) is 1.66. The molecule has 1 aliphatic rings. The van der Waals surface area contributed by atoms with Crippen LogP contribution in [0, 0.1) is 0 Å². The van der Waals surface area contributed by atoms with E-state index in [0.29, 0.717) is 0 Å². The van der Waals surface area contributed by atoms with Crippen molar-refractivity contribution in [1.82, 2.24) is 0 Å². The average Bonchev–Trinajstić information content (AvgIpc) is 2.70. The van der Waals surface area contributed by atoms with Crippen molar-refractivity contribution < 1.29 is 19.5 Å². The van der Waals surface area contributed by atoms with Gasteiger partial charge >= 0.3 is 5.97 Å². The summed E-state index contributed by atoms with van der Waals surface area (Å²) in [6, 6.07) is 0. The third-order valence-electron chi connectivity index (χ3n) is 2.18. The molecule has 0 radical (unpaired) electrons. The van der Waals surface area contributed by atoms with E-state index in [4.69, 9.17) is 9.94 Å². The maximum Gasteiger partial charge on any atom is 0.361 e. The third kappa shape index (κ3) is 3.62. The summed E-state index contributed by atoms with van der Waals surface area (Å²) in [5, 5.41) is 12.0. The van der Waals surface area contributed by atoms with Gasteiger partial charge < -0.3 is 9.94 Å². The van der Waals surface area contributed by atoms with Gasteiger partial charge in [0.1, 0.15) is 6.10 Å². The molecule has 0 bridgehead atoms. The summed E-state index contributed by atoms with van der Waals surface area (Å²) in [5.74, 6) is -1.93. The molecule has 1 aliphatic carbocycles. The van der Waals surface area contributed by atoms with Gasteiger partial charge in [-0.25, -0.2) is 4.79 Å². The highest BCUT2D eigenvalue weighted by atomic mass is 79.9. The predicted octanol–water partition coefficient (Wildman–Crippen LogP) is 1.35. The molecule has 0 aliphatic heterocycles. The van der Waals surface area contributed by atoms with E-state index >= 15 is 0 Å². The Hall–Kier alpha value is -0.910. The normalized spacial score (nSPS) is 17.8. The molecule has 1 fully saturated rings. The van der Waals surface area contributed by atoms with Gasteiger partial charge in [-0.1, -0.05) is 21.1 Å². The van der Waals surface area contributed by atoms with Gasteiger partial charge in [-0.3, -0.25) is 4.79 Å². The molecule has 0 aromatic heterocycles. The van der Waals surface area contributed by atoms with E-state index in [1.807, 2.05) is 0 Å². The number of alkyl halides is 1. The Morgan fingerprint density at radius 1 is 1.40 bits per heavy atom. The van der Waals surface area contributed by atoms with Crippen LogP contribution in [-0.4, -0.2) is 34.0 Å². The summed E-state index contributed by atoms with van der Waals surface area (Å²) < 4.78 is 0. The minimum Gasteiger partial charge on any atom is -0.476 e. The smallest absolute Gasteiger partial charge is 0.361 e. The predicted molar refractivity (Wildman–Crippen MR) is 57.2 cm³/mol. The second kappa shape index (κ2) is 5.85. The maximum atomic E-state index is 11.1. The van der Waals surface area contributed by atoms with Crippen molar-refractivity contribution in [1.29, 1.82) is 0 Å². The minimum absolute atomic E-state index is 0.0394. The number of aliphatic carboxylic acids is 1. The molecule has 0 unspecified atom stereocenters. The summed E-state index contributed by atoms with van der Waals surface area (Å²) in [6.45, 7) is 0. The zero-order chi connectivity index (χ0) is 11.3. The van der Waals surface area contributed by atoms with E-state index in [2.05, 4.69) is 21.1 Å². The number of carboxylic acids is 1. The Kier molecular flexibility index (Phi) is 4.74. The zero-order valence-corrected chi connectivity index (χ0v) is 9.70. The van der Waals surface area contributed by atoms with Gasteiger partial charge in [0.25, 0.3) is 0 Å². The number of hydrogen-bond acceptors (Lipinski definition) is 4. The number of hydrogen-bond donors (Lipinski definition) is 1. The van der Waals surface area contributed by atoms with Crippen molar-refractivity contribution >= 4 is 33.4 Å². The molecule has 0 heterocycles. The number of carbonyl (C=O) groups excluding carboxylic acids is 1. The molecule has 0 aromatic carbocycles. The van der Waals surface area contributed by atoms with E-state index in [1.165, 1.54) is 0 Å². The van der Waals surface area contributed by atoms with Crippen LogP contribution in [0.25, 0.3) is 0 Å². The van der Waals surface area contributed by atoms with Gasteiger partial charge in [0.05, 0.1) is 5.33 Å². The van der Waals surface area contributed by atoms with E-state index < -0.39 is 17.5 Å². The van der Waals surface area contributed by atoms with E-state index in [9.17, 15) is 9.59 Å². The number of oxime groups is 1. The fourth-order valence-electron chi connectivity index (χ4n) is 1.39. The van der Waals surface area contributed by atoms with Crippen molar-refractivity contribution in [3.63, 3.8) is 0 Å². The first-order valence-electron chi connectivity index (χ1n) is 4.71. The van der Waals surface area contributed by atoms with Gasteiger partial charge in [0, 0.05) is 0 Å². The Bertz CT molecular complexity index is 284. The van der Waals surface area contributed by atoms with Crippen molar-refractivity contribution in [3.05, 3.63) is 0 Å². The van der Waals surface area contributed by atoms with Crippen LogP contribution in [0.2, 0.25) is 0 Å². The number of carbonyl (C=O) groups is 2. The van der Waals surface area contributed by atoms with Crippen LogP contribution in [0.15, 0.2) is 5.16 Å². The average molecular weight is 278 g/mol. The van der Waals surface area contributed by atoms with Crippen LogP contribution in [0.5, 0.6) is 0 Å². The van der Waals surface area contributed by atoms with E-state index in [0.717, 1.165) is 25.7 Å². The minimum atomic E-state index is -1.35. The highest BCUT2D eigenvalue weighted by molar-refractivity contribution is 9.09. The maximum absolute atomic E-state index is 11.1. The molecule has 1 saturated carbocycles. The van der Waals surface area contributed by atoms with Gasteiger partial charge in [-0.2, -0.15) is 0 Å². The molecular weight excluding hydrogens is 266 g/mol. The SMILES string of the molecule is O=C(O)C(=NOC1CCCC1)C(=O)CBr. The Morgan fingerprint density at radius 2 is 2.00 bits per heavy atom. The quantitative estimate of drug-likeness (QED) is 0.356. The number of halogens is 1. The molecule has 15 heavy (non-hydrogen) atoms. The summed E-state index contributed by atoms with van der Waals surface area (Å²) in [4.78, 5) is 26.8. The first-order chi connectivity index (χ1) is 7.15. The lowest BCUT2D eigenvalue weighted by Gasteiger charge is -2.06. The Labute approximate surface area is 95.6 Å². The zero-order valence-electron chi connectivity index (χ0n) is 8.11. The first kappa shape index (κ1) is 12.2. The standard InChI is InChI=1S/C9H12BrNO4/c10-5-7(12)8(9(13)14)11-15-6-3-1-2-4-6/h6H,1-5H2,(H,13,14). The highest BCUT2D eigenvalue weighted by Crippen LogP contribution is 2.21. The highest BCUT2D eigenvalue weighted by Gasteiger charge is 2.21. The van der Waals surface area contributed by atoms with E-state index in [1.54, 1.807) is 0 Å². The molecule has 6 heteroatoms. The molecule has 0 amide bonds. The third-order valence-corrected chi connectivity index (χ3v) is 2.69. The molecule has 5 nitrogen and oxygen atoms in total. The molecular formula is C9H12BrNO4. The Morgan fingerprint density at radius 3 is 2.47 bits per heavy atom. The van der Waals surface area contributed by atoms with Crippen molar-refractivity contribution in [2.75, 3.05) is 5.33 Å². The molecule has 1 rings (SSSR count). The Balaban J connectivity index is 2.58. The van der Waals surface area contributed by atoms with Crippen molar-refractivity contribution in [2.24, 2.45) is 5.16 Å². The number of ketones is 1. The molecule has 0 aromatic rings. The van der Waals surface area contributed by atoms with Crippen LogP contribution in [0.1, 0.15) is 25.7 Å².